The first-order valence-corrected chi connectivity index (χ1v) is 8.37. The van der Waals surface area contributed by atoms with E-state index in [0.29, 0.717) is 24.5 Å². The lowest BCUT2D eigenvalue weighted by Crippen LogP contribution is -2.28. The van der Waals surface area contributed by atoms with E-state index >= 15 is 0 Å². The van der Waals surface area contributed by atoms with Crippen LogP contribution >= 0.6 is 0 Å². The molecule has 0 unspecified atom stereocenters. The Morgan fingerprint density at radius 3 is 2.62 bits per heavy atom. The van der Waals surface area contributed by atoms with E-state index < -0.39 is 10.0 Å². The highest BCUT2D eigenvalue weighted by molar-refractivity contribution is 7.89. The van der Waals surface area contributed by atoms with E-state index in [1.54, 1.807) is 6.07 Å². The average Bonchev–Trinajstić information content (AvgIpc) is 2.44. The summed E-state index contributed by atoms with van der Waals surface area (Å²) >= 11 is 0. The lowest BCUT2D eigenvalue weighted by Gasteiger charge is -2.12. The molecular formula is C14H23NO5S. The number of hydrogen-bond donors (Lipinski definition) is 2. The number of rotatable bonds is 9. The summed E-state index contributed by atoms with van der Waals surface area (Å²) in [7, 11) is -3.62. The molecule has 0 saturated heterocycles. The van der Waals surface area contributed by atoms with Crippen LogP contribution in [0, 0.1) is 0 Å². The van der Waals surface area contributed by atoms with Crippen LogP contribution in [0.2, 0.25) is 0 Å². The van der Waals surface area contributed by atoms with E-state index in [1.165, 1.54) is 12.1 Å². The molecule has 1 aromatic carbocycles. The van der Waals surface area contributed by atoms with Crippen molar-refractivity contribution in [2.75, 3.05) is 19.8 Å². The molecule has 0 atom stereocenters. The van der Waals surface area contributed by atoms with Crippen LogP contribution in [-0.4, -0.2) is 39.4 Å². The third-order valence-electron chi connectivity index (χ3n) is 2.66. The minimum Gasteiger partial charge on any atom is -0.494 e. The Hall–Kier alpha value is -1.15. The van der Waals surface area contributed by atoms with E-state index in [2.05, 4.69) is 4.72 Å². The molecule has 1 rings (SSSR count). The van der Waals surface area contributed by atoms with Crippen LogP contribution in [0.4, 0.5) is 0 Å². The molecule has 1 aromatic rings. The molecule has 2 N–H and O–H groups in total. The summed E-state index contributed by atoms with van der Waals surface area (Å²) in [5.74, 6) is 0.488. The predicted molar refractivity (Wildman–Crippen MR) is 79.8 cm³/mol. The quantitative estimate of drug-likeness (QED) is 0.670. The van der Waals surface area contributed by atoms with Crippen LogP contribution in [0.15, 0.2) is 23.1 Å². The second-order valence-corrected chi connectivity index (χ2v) is 6.44. The number of benzene rings is 1. The predicted octanol–water partition coefficient (Wildman–Crippen LogP) is 1.28. The Morgan fingerprint density at radius 2 is 2.05 bits per heavy atom. The van der Waals surface area contributed by atoms with Gasteiger partial charge in [-0.05, 0) is 39.0 Å². The fourth-order valence-electron chi connectivity index (χ4n) is 1.70. The van der Waals surface area contributed by atoms with Crippen molar-refractivity contribution < 1.29 is 23.0 Å². The van der Waals surface area contributed by atoms with Gasteiger partial charge in [0.05, 0.1) is 30.8 Å². The highest BCUT2D eigenvalue weighted by atomic mass is 32.2. The minimum atomic E-state index is -3.62. The van der Waals surface area contributed by atoms with Gasteiger partial charge >= 0.3 is 0 Å². The fourth-order valence-corrected chi connectivity index (χ4v) is 2.76. The summed E-state index contributed by atoms with van der Waals surface area (Å²) in [6, 6.07) is 4.42. The lowest BCUT2D eigenvalue weighted by atomic mass is 10.2. The molecule has 0 aliphatic rings. The van der Waals surface area contributed by atoms with E-state index in [9.17, 15) is 13.5 Å². The summed E-state index contributed by atoms with van der Waals surface area (Å²) in [5.41, 5.74) is 0.443. The molecule has 0 aliphatic heterocycles. The molecule has 0 amide bonds. The van der Waals surface area contributed by atoms with Gasteiger partial charge in [0, 0.05) is 12.1 Å². The molecule has 0 saturated carbocycles. The van der Waals surface area contributed by atoms with Gasteiger partial charge in [0.1, 0.15) is 5.75 Å². The Balaban J connectivity index is 2.78. The molecule has 0 spiro atoms. The van der Waals surface area contributed by atoms with Crippen LogP contribution in [0.5, 0.6) is 5.75 Å². The second kappa shape index (κ2) is 8.33. The zero-order chi connectivity index (χ0) is 15.9. The summed E-state index contributed by atoms with van der Waals surface area (Å²) in [4.78, 5) is 0.0968. The van der Waals surface area contributed by atoms with Gasteiger partial charge < -0.3 is 14.6 Å². The molecule has 6 nitrogen and oxygen atoms in total. The maximum Gasteiger partial charge on any atom is 0.240 e. The first-order valence-electron chi connectivity index (χ1n) is 6.88. The summed E-state index contributed by atoms with van der Waals surface area (Å²) in [6.45, 7) is 6.26. The van der Waals surface area contributed by atoms with Crippen molar-refractivity contribution in [2.45, 2.75) is 38.4 Å². The maximum atomic E-state index is 12.1. The smallest absolute Gasteiger partial charge is 0.240 e. The van der Waals surface area contributed by atoms with Gasteiger partial charge in [0.25, 0.3) is 0 Å². The van der Waals surface area contributed by atoms with Crippen LogP contribution in [0.25, 0.3) is 0 Å². The third kappa shape index (κ3) is 5.62. The number of aliphatic hydroxyl groups excluding tert-OH is 1. The zero-order valence-corrected chi connectivity index (χ0v) is 13.4. The van der Waals surface area contributed by atoms with Gasteiger partial charge in [-0.25, -0.2) is 13.1 Å². The molecule has 0 radical (unpaired) electrons. The normalized spacial score (nSPS) is 11.9. The van der Waals surface area contributed by atoms with Crippen molar-refractivity contribution in [3.05, 3.63) is 23.8 Å². The molecule has 21 heavy (non-hydrogen) atoms. The van der Waals surface area contributed by atoms with Crippen molar-refractivity contribution in [1.29, 1.82) is 0 Å². The first-order chi connectivity index (χ1) is 9.90. The van der Waals surface area contributed by atoms with Crippen molar-refractivity contribution >= 4 is 10.0 Å². The summed E-state index contributed by atoms with van der Waals surface area (Å²) in [6.07, 6.45) is 0.0565. The highest BCUT2D eigenvalue weighted by Crippen LogP contribution is 2.22. The van der Waals surface area contributed by atoms with Gasteiger partial charge in [0.2, 0.25) is 10.0 Å². The molecule has 7 heteroatoms. The van der Waals surface area contributed by atoms with Crippen LogP contribution < -0.4 is 9.46 Å². The number of aliphatic hydroxyl groups is 1. The van der Waals surface area contributed by atoms with Crippen molar-refractivity contribution in [3.63, 3.8) is 0 Å². The van der Waals surface area contributed by atoms with Crippen molar-refractivity contribution in [1.82, 2.24) is 4.72 Å². The molecular weight excluding hydrogens is 294 g/mol. The van der Waals surface area contributed by atoms with Crippen LogP contribution in [0.1, 0.15) is 26.3 Å². The minimum absolute atomic E-state index is 0.0565. The van der Waals surface area contributed by atoms with E-state index in [-0.39, 0.29) is 24.2 Å². The van der Waals surface area contributed by atoms with Gasteiger partial charge in [0.15, 0.2) is 0 Å². The summed E-state index contributed by atoms with van der Waals surface area (Å²) in [5, 5.41) is 9.30. The summed E-state index contributed by atoms with van der Waals surface area (Å²) < 4.78 is 37.3. The van der Waals surface area contributed by atoms with Gasteiger partial charge in [-0.15, -0.1) is 0 Å². The number of sulfonamides is 1. The molecule has 120 valence electrons. The Bertz CT molecular complexity index is 542. The molecule has 0 fully saturated rings. The lowest BCUT2D eigenvalue weighted by molar-refractivity contribution is 0.0834. The zero-order valence-electron chi connectivity index (χ0n) is 12.6. The van der Waals surface area contributed by atoms with Crippen LogP contribution in [0.3, 0.4) is 0 Å². The van der Waals surface area contributed by atoms with Crippen LogP contribution in [-0.2, 0) is 21.4 Å². The monoisotopic (exact) mass is 317 g/mol. The molecule has 0 aromatic heterocycles. The standard InChI is InChI=1S/C14H23NO5S/c1-4-19-14-6-5-13(9-12(14)10-16)21(17,18)15-7-8-20-11(2)3/h5-6,9,11,15-16H,4,7-8,10H2,1-3H3. The van der Waals surface area contributed by atoms with Gasteiger partial charge in [-0.3, -0.25) is 0 Å². The van der Waals surface area contributed by atoms with Gasteiger partial charge in [-0.1, -0.05) is 0 Å². The first kappa shape index (κ1) is 17.9. The third-order valence-corrected chi connectivity index (χ3v) is 4.12. The largest absolute Gasteiger partial charge is 0.494 e. The Morgan fingerprint density at radius 1 is 1.33 bits per heavy atom. The topological polar surface area (TPSA) is 84.9 Å². The van der Waals surface area contributed by atoms with Gasteiger partial charge in [-0.2, -0.15) is 0 Å². The second-order valence-electron chi connectivity index (χ2n) is 4.68. The number of ether oxygens (including phenoxy) is 2. The number of nitrogens with one attached hydrogen (secondary N) is 1. The Labute approximate surface area is 126 Å². The molecule has 0 heterocycles. The molecule has 0 bridgehead atoms. The van der Waals surface area contributed by atoms with E-state index in [1.807, 2.05) is 20.8 Å². The maximum absolute atomic E-state index is 12.1. The van der Waals surface area contributed by atoms with Crippen molar-refractivity contribution in [2.24, 2.45) is 0 Å². The Kier molecular flexibility index (Phi) is 7.10. The van der Waals surface area contributed by atoms with E-state index in [0.717, 1.165) is 0 Å². The highest BCUT2D eigenvalue weighted by Gasteiger charge is 2.16. The molecule has 0 aliphatic carbocycles. The average molecular weight is 317 g/mol. The van der Waals surface area contributed by atoms with E-state index in [4.69, 9.17) is 9.47 Å². The number of hydrogen-bond acceptors (Lipinski definition) is 5. The SMILES string of the molecule is CCOc1ccc(S(=O)(=O)NCCOC(C)C)cc1CO. The van der Waals surface area contributed by atoms with Crippen molar-refractivity contribution in [3.8, 4) is 5.75 Å². The fraction of sp³-hybridized carbons (Fsp3) is 0.571.